The molecule has 0 atom stereocenters. The topological polar surface area (TPSA) is 134 Å². The summed E-state index contributed by atoms with van der Waals surface area (Å²) in [5.74, 6) is 0.633. The van der Waals surface area contributed by atoms with Crippen molar-refractivity contribution in [2.75, 3.05) is 5.32 Å². The van der Waals surface area contributed by atoms with E-state index < -0.39 is 11.2 Å². The molecule has 0 fully saturated rings. The monoisotopic (exact) mass is 363 g/mol. The van der Waals surface area contributed by atoms with Gasteiger partial charge >= 0.3 is 5.69 Å². The van der Waals surface area contributed by atoms with E-state index in [0.29, 0.717) is 24.6 Å². The summed E-state index contributed by atoms with van der Waals surface area (Å²) in [5.41, 5.74) is 7.55. The summed E-state index contributed by atoms with van der Waals surface area (Å²) >= 11 is 0. The molecule has 3 aromatic heterocycles. The van der Waals surface area contributed by atoms with Crippen LogP contribution in [0.1, 0.15) is 11.1 Å². The molecule has 9 nitrogen and oxygen atoms in total. The summed E-state index contributed by atoms with van der Waals surface area (Å²) < 4.78 is 1.02. The molecule has 0 spiro atoms. The van der Waals surface area contributed by atoms with Gasteiger partial charge in [-0.2, -0.15) is 0 Å². The van der Waals surface area contributed by atoms with Crippen molar-refractivity contribution >= 4 is 17.0 Å². The molecule has 4 rings (SSSR count). The van der Waals surface area contributed by atoms with Crippen molar-refractivity contribution < 1.29 is 0 Å². The SMILES string of the molecule is NCc1ccc(CNc2ccc(-n3c(=O)[nH]c4nc[nH]c4c3=O)cn2)cc1. The lowest BCUT2D eigenvalue weighted by molar-refractivity contribution is 0.889. The third-order valence-electron chi connectivity index (χ3n) is 4.22. The molecular formula is C18H17N7O2. The fraction of sp³-hybridized carbons (Fsp3) is 0.111. The summed E-state index contributed by atoms with van der Waals surface area (Å²) in [6.07, 6.45) is 2.83. The highest BCUT2D eigenvalue weighted by Crippen LogP contribution is 2.10. The smallest absolute Gasteiger partial charge is 0.334 e. The van der Waals surface area contributed by atoms with Crippen molar-refractivity contribution in [2.24, 2.45) is 5.73 Å². The fourth-order valence-corrected chi connectivity index (χ4v) is 2.76. The van der Waals surface area contributed by atoms with Gasteiger partial charge in [0.15, 0.2) is 5.65 Å². The molecule has 0 bridgehead atoms. The van der Waals surface area contributed by atoms with E-state index in [0.717, 1.165) is 15.7 Å². The number of fused-ring (bicyclic) bond motifs is 1. The third-order valence-corrected chi connectivity index (χ3v) is 4.22. The largest absolute Gasteiger partial charge is 0.366 e. The third kappa shape index (κ3) is 3.23. The van der Waals surface area contributed by atoms with Gasteiger partial charge in [0, 0.05) is 13.1 Å². The zero-order valence-corrected chi connectivity index (χ0v) is 14.3. The van der Waals surface area contributed by atoms with Crippen molar-refractivity contribution in [3.63, 3.8) is 0 Å². The number of H-pyrrole nitrogens is 2. The van der Waals surface area contributed by atoms with Gasteiger partial charge in [0.05, 0.1) is 18.2 Å². The number of imidazole rings is 1. The fourth-order valence-electron chi connectivity index (χ4n) is 2.76. The number of hydrogen-bond donors (Lipinski definition) is 4. The van der Waals surface area contributed by atoms with E-state index in [1.54, 1.807) is 12.1 Å². The molecule has 3 heterocycles. The molecule has 4 aromatic rings. The summed E-state index contributed by atoms with van der Waals surface area (Å²) in [6, 6.07) is 11.3. The number of aromatic amines is 2. The lowest BCUT2D eigenvalue weighted by atomic mass is 10.1. The zero-order chi connectivity index (χ0) is 18.8. The van der Waals surface area contributed by atoms with Gasteiger partial charge in [-0.15, -0.1) is 0 Å². The normalized spacial score (nSPS) is 11.0. The van der Waals surface area contributed by atoms with Crippen molar-refractivity contribution in [1.82, 2.24) is 24.5 Å². The average molecular weight is 363 g/mol. The first-order chi connectivity index (χ1) is 13.2. The van der Waals surface area contributed by atoms with E-state index in [4.69, 9.17) is 5.73 Å². The number of aromatic nitrogens is 5. The quantitative estimate of drug-likeness (QED) is 0.416. The minimum atomic E-state index is -0.567. The van der Waals surface area contributed by atoms with E-state index in [-0.39, 0.29) is 11.2 Å². The number of nitrogens with zero attached hydrogens (tertiary/aromatic N) is 3. The maximum Gasteiger partial charge on any atom is 0.334 e. The second kappa shape index (κ2) is 6.89. The molecule has 0 aliphatic heterocycles. The summed E-state index contributed by atoms with van der Waals surface area (Å²) in [6.45, 7) is 1.11. The maximum absolute atomic E-state index is 12.5. The van der Waals surface area contributed by atoms with Gasteiger partial charge in [0.1, 0.15) is 11.3 Å². The Balaban J connectivity index is 1.55. The Bertz CT molecular complexity index is 1190. The van der Waals surface area contributed by atoms with Gasteiger partial charge < -0.3 is 16.0 Å². The van der Waals surface area contributed by atoms with E-state index in [1.165, 1.54) is 12.5 Å². The molecule has 1 aromatic carbocycles. The summed E-state index contributed by atoms with van der Waals surface area (Å²) in [4.78, 5) is 38.1. The van der Waals surface area contributed by atoms with Gasteiger partial charge in [0.25, 0.3) is 5.56 Å². The Kier molecular flexibility index (Phi) is 4.27. The number of anilines is 1. The number of pyridine rings is 1. The first-order valence-electron chi connectivity index (χ1n) is 8.32. The van der Waals surface area contributed by atoms with Crippen LogP contribution in [-0.4, -0.2) is 24.5 Å². The highest BCUT2D eigenvalue weighted by molar-refractivity contribution is 5.68. The molecule has 0 amide bonds. The van der Waals surface area contributed by atoms with E-state index >= 15 is 0 Å². The molecule has 0 aliphatic rings. The van der Waals surface area contributed by atoms with Crippen LogP contribution >= 0.6 is 0 Å². The highest BCUT2D eigenvalue weighted by Gasteiger charge is 2.11. The highest BCUT2D eigenvalue weighted by atomic mass is 16.2. The summed E-state index contributed by atoms with van der Waals surface area (Å²) in [5, 5.41) is 3.20. The van der Waals surface area contributed by atoms with Crippen LogP contribution in [0.4, 0.5) is 5.82 Å². The first kappa shape index (κ1) is 16.7. The van der Waals surface area contributed by atoms with Gasteiger partial charge in [-0.25, -0.2) is 19.3 Å². The van der Waals surface area contributed by atoms with Crippen LogP contribution < -0.4 is 22.3 Å². The minimum absolute atomic E-state index is 0.230. The Hall–Kier alpha value is -3.72. The molecule has 136 valence electrons. The first-order valence-corrected chi connectivity index (χ1v) is 8.32. The minimum Gasteiger partial charge on any atom is -0.366 e. The van der Waals surface area contributed by atoms with Crippen molar-refractivity contribution in [3.8, 4) is 5.69 Å². The van der Waals surface area contributed by atoms with E-state index in [1.807, 2.05) is 24.3 Å². The lowest BCUT2D eigenvalue weighted by Gasteiger charge is -2.08. The van der Waals surface area contributed by atoms with Crippen LogP contribution in [0.5, 0.6) is 0 Å². The van der Waals surface area contributed by atoms with E-state index in [9.17, 15) is 9.59 Å². The lowest BCUT2D eigenvalue weighted by Crippen LogP contribution is -2.33. The molecule has 0 radical (unpaired) electrons. The average Bonchev–Trinajstić information content (AvgIpc) is 3.16. The Morgan fingerprint density at radius 3 is 2.52 bits per heavy atom. The van der Waals surface area contributed by atoms with Crippen molar-refractivity contribution in [3.05, 3.63) is 80.9 Å². The number of benzene rings is 1. The summed E-state index contributed by atoms with van der Waals surface area (Å²) in [7, 11) is 0. The maximum atomic E-state index is 12.5. The molecule has 0 saturated heterocycles. The molecule has 5 N–H and O–H groups in total. The number of hydrogen-bond acceptors (Lipinski definition) is 6. The van der Waals surface area contributed by atoms with Gasteiger partial charge in [-0.05, 0) is 23.3 Å². The molecule has 0 unspecified atom stereocenters. The second-order valence-electron chi connectivity index (χ2n) is 5.97. The van der Waals surface area contributed by atoms with Crippen LogP contribution in [0.25, 0.3) is 16.9 Å². The Morgan fingerprint density at radius 1 is 1.04 bits per heavy atom. The predicted octanol–water partition coefficient (Wildman–Crippen LogP) is 0.868. The van der Waals surface area contributed by atoms with Gasteiger partial charge in [-0.1, -0.05) is 24.3 Å². The standard InChI is InChI=1S/C18H17N7O2/c19-7-11-1-3-12(4-2-11)8-20-14-6-5-13(9-21-14)25-17(26)15-16(23-10-22-15)24-18(25)27/h1-6,9-10H,7-8,19H2,(H,20,21)(H,22,23)(H,24,27). The second-order valence-corrected chi connectivity index (χ2v) is 5.97. The van der Waals surface area contributed by atoms with Crippen LogP contribution in [0.2, 0.25) is 0 Å². The van der Waals surface area contributed by atoms with E-state index in [2.05, 4.69) is 25.3 Å². The van der Waals surface area contributed by atoms with Crippen molar-refractivity contribution in [1.29, 1.82) is 0 Å². The van der Waals surface area contributed by atoms with Crippen LogP contribution in [-0.2, 0) is 13.1 Å². The molecule has 0 saturated carbocycles. The van der Waals surface area contributed by atoms with Crippen molar-refractivity contribution in [2.45, 2.75) is 13.1 Å². The number of rotatable bonds is 5. The molecule has 9 heteroatoms. The molecular weight excluding hydrogens is 346 g/mol. The zero-order valence-electron chi connectivity index (χ0n) is 14.3. The van der Waals surface area contributed by atoms with Crippen LogP contribution in [0.15, 0.2) is 58.5 Å². The van der Waals surface area contributed by atoms with Gasteiger partial charge in [-0.3, -0.25) is 9.78 Å². The number of nitrogens with two attached hydrogens (primary N) is 1. The van der Waals surface area contributed by atoms with Crippen LogP contribution in [0.3, 0.4) is 0 Å². The van der Waals surface area contributed by atoms with Gasteiger partial charge in [0.2, 0.25) is 0 Å². The Morgan fingerprint density at radius 2 is 1.81 bits per heavy atom. The number of nitrogens with one attached hydrogen (secondary N) is 3. The molecule has 0 aliphatic carbocycles. The Labute approximate surface area is 152 Å². The van der Waals surface area contributed by atoms with Crippen LogP contribution in [0, 0.1) is 0 Å². The predicted molar refractivity (Wildman–Crippen MR) is 102 cm³/mol. The molecule has 27 heavy (non-hydrogen) atoms.